The zero-order chi connectivity index (χ0) is 11.1. The van der Waals surface area contributed by atoms with E-state index >= 15 is 0 Å². The van der Waals surface area contributed by atoms with Crippen LogP contribution in [0, 0.1) is 5.82 Å². The van der Waals surface area contributed by atoms with Gasteiger partial charge in [-0.15, -0.1) is 0 Å². The van der Waals surface area contributed by atoms with Gasteiger partial charge in [0.05, 0.1) is 6.42 Å². The number of carbonyl (C=O) groups excluding carboxylic acids is 1. The standard InChI is InChI=1S/C11H15FN2O/c12-10-5-2-1-4-9(10)8-11(15)14-7-3-6-13/h1-2,4-5H,3,6-8,13H2,(H,14,15). The van der Waals surface area contributed by atoms with Crippen LogP contribution in [0.3, 0.4) is 0 Å². The summed E-state index contributed by atoms with van der Waals surface area (Å²) in [5, 5.41) is 2.67. The topological polar surface area (TPSA) is 55.1 Å². The number of rotatable bonds is 5. The van der Waals surface area contributed by atoms with E-state index in [0.29, 0.717) is 18.7 Å². The van der Waals surface area contributed by atoms with Gasteiger partial charge in [0.1, 0.15) is 5.82 Å². The lowest BCUT2D eigenvalue weighted by Crippen LogP contribution is -2.27. The molecule has 0 radical (unpaired) electrons. The number of halogens is 1. The number of benzene rings is 1. The Kier molecular flexibility index (Phi) is 4.77. The van der Waals surface area contributed by atoms with Crippen LogP contribution in [-0.4, -0.2) is 19.0 Å². The third-order valence-corrected chi connectivity index (χ3v) is 2.01. The maximum Gasteiger partial charge on any atom is 0.224 e. The minimum atomic E-state index is -0.341. The molecule has 15 heavy (non-hydrogen) atoms. The molecule has 0 spiro atoms. The average Bonchev–Trinajstić information content (AvgIpc) is 2.22. The molecule has 0 aromatic heterocycles. The third-order valence-electron chi connectivity index (χ3n) is 2.01. The second-order valence-corrected chi connectivity index (χ2v) is 3.26. The van der Waals surface area contributed by atoms with Gasteiger partial charge in [0, 0.05) is 6.54 Å². The van der Waals surface area contributed by atoms with E-state index in [-0.39, 0.29) is 18.1 Å². The highest BCUT2D eigenvalue weighted by atomic mass is 19.1. The Labute approximate surface area is 88.5 Å². The predicted molar refractivity (Wildman–Crippen MR) is 56.8 cm³/mol. The number of amides is 1. The summed E-state index contributed by atoms with van der Waals surface area (Å²) in [6.07, 6.45) is 0.820. The van der Waals surface area contributed by atoms with E-state index in [0.717, 1.165) is 6.42 Å². The molecule has 1 amide bonds. The number of nitrogens with one attached hydrogen (secondary N) is 1. The molecule has 0 unspecified atom stereocenters. The van der Waals surface area contributed by atoms with E-state index in [1.165, 1.54) is 6.07 Å². The fraction of sp³-hybridized carbons (Fsp3) is 0.364. The molecule has 0 heterocycles. The maximum atomic E-state index is 13.1. The van der Waals surface area contributed by atoms with Crippen molar-refractivity contribution in [3.63, 3.8) is 0 Å². The molecule has 3 N–H and O–H groups in total. The lowest BCUT2D eigenvalue weighted by molar-refractivity contribution is -0.120. The molecule has 0 aliphatic rings. The highest BCUT2D eigenvalue weighted by molar-refractivity contribution is 5.78. The molecule has 1 aromatic carbocycles. The monoisotopic (exact) mass is 210 g/mol. The molecular formula is C11H15FN2O. The minimum Gasteiger partial charge on any atom is -0.356 e. The van der Waals surface area contributed by atoms with Crippen LogP contribution >= 0.6 is 0 Å². The van der Waals surface area contributed by atoms with Gasteiger partial charge in [-0.25, -0.2) is 4.39 Å². The van der Waals surface area contributed by atoms with Crippen LogP contribution in [0.1, 0.15) is 12.0 Å². The van der Waals surface area contributed by atoms with Crippen molar-refractivity contribution >= 4 is 5.91 Å². The van der Waals surface area contributed by atoms with Gasteiger partial charge in [-0.05, 0) is 24.6 Å². The molecule has 0 saturated heterocycles. The van der Waals surface area contributed by atoms with Crippen LogP contribution in [0.4, 0.5) is 4.39 Å². The summed E-state index contributed by atoms with van der Waals surface area (Å²) in [5.41, 5.74) is 5.70. The molecule has 0 aliphatic carbocycles. The summed E-state index contributed by atoms with van der Waals surface area (Å²) in [6.45, 7) is 1.09. The smallest absolute Gasteiger partial charge is 0.224 e. The van der Waals surface area contributed by atoms with Gasteiger partial charge in [0.15, 0.2) is 0 Å². The van der Waals surface area contributed by atoms with Crippen molar-refractivity contribution < 1.29 is 9.18 Å². The van der Waals surface area contributed by atoms with Crippen molar-refractivity contribution in [1.82, 2.24) is 5.32 Å². The van der Waals surface area contributed by atoms with Crippen molar-refractivity contribution in [2.24, 2.45) is 5.73 Å². The average molecular weight is 210 g/mol. The SMILES string of the molecule is NCCCNC(=O)Cc1ccccc1F. The van der Waals surface area contributed by atoms with Crippen molar-refractivity contribution in [3.8, 4) is 0 Å². The van der Waals surface area contributed by atoms with Gasteiger partial charge in [-0.2, -0.15) is 0 Å². The second kappa shape index (κ2) is 6.14. The van der Waals surface area contributed by atoms with E-state index in [2.05, 4.69) is 5.32 Å². The molecule has 0 fully saturated rings. The Morgan fingerprint density at radius 3 is 2.80 bits per heavy atom. The molecule has 0 atom stereocenters. The van der Waals surface area contributed by atoms with Crippen molar-refractivity contribution in [2.75, 3.05) is 13.1 Å². The lowest BCUT2D eigenvalue weighted by atomic mass is 10.1. The molecule has 0 saturated carbocycles. The minimum absolute atomic E-state index is 0.0806. The normalized spacial score (nSPS) is 10.0. The molecule has 82 valence electrons. The van der Waals surface area contributed by atoms with Gasteiger partial charge in [-0.3, -0.25) is 4.79 Å². The Bertz CT molecular complexity index is 328. The van der Waals surface area contributed by atoms with Crippen LogP contribution in [0.5, 0.6) is 0 Å². The zero-order valence-corrected chi connectivity index (χ0v) is 8.50. The molecule has 1 rings (SSSR count). The van der Waals surface area contributed by atoms with Gasteiger partial charge in [0.25, 0.3) is 0 Å². The van der Waals surface area contributed by atoms with Crippen LogP contribution < -0.4 is 11.1 Å². The summed E-state index contributed by atoms with van der Waals surface area (Å²) < 4.78 is 13.1. The zero-order valence-electron chi connectivity index (χ0n) is 8.50. The van der Waals surface area contributed by atoms with Gasteiger partial charge in [0.2, 0.25) is 5.91 Å². The highest BCUT2D eigenvalue weighted by Crippen LogP contribution is 2.06. The summed E-state index contributed by atoms with van der Waals surface area (Å²) in [6, 6.07) is 6.27. The molecule has 0 aliphatic heterocycles. The molecule has 0 bridgehead atoms. The number of hydrogen-bond donors (Lipinski definition) is 2. The first-order chi connectivity index (χ1) is 7.24. The molecule has 4 heteroatoms. The summed E-state index contributed by atoms with van der Waals surface area (Å²) >= 11 is 0. The van der Waals surface area contributed by atoms with E-state index in [1.807, 2.05) is 0 Å². The maximum absolute atomic E-state index is 13.1. The van der Waals surface area contributed by atoms with Crippen LogP contribution in [0.25, 0.3) is 0 Å². The Hall–Kier alpha value is -1.42. The van der Waals surface area contributed by atoms with Crippen LogP contribution in [-0.2, 0) is 11.2 Å². The predicted octanol–water partition coefficient (Wildman–Crippen LogP) is 0.833. The fourth-order valence-corrected chi connectivity index (χ4v) is 1.21. The van der Waals surface area contributed by atoms with E-state index < -0.39 is 0 Å². The quantitative estimate of drug-likeness (QED) is 0.707. The van der Waals surface area contributed by atoms with Crippen molar-refractivity contribution in [1.29, 1.82) is 0 Å². The molecular weight excluding hydrogens is 195 g/mol. The lowest BCUT2D eigenvalue weighted by Gasteiger charge is -2.04. The van der Waals surface area contributed by atoms with Crippen molar-refractivity contribution in [2.45, 2.75) is 12.8 Å². The largest absolute Gasteiger partial charge is 0.356 e. The third kappa shape index (κ3) is 4.08. The van der Waals surface area contributed by atoms with Crippen LogP contribution in [0.15, 0.2) is 24.3 Å². The number of hydrogen-bond acceptors (Lipinski definition) is 2. The van der Waals surface area contributed by atoms with Gasteiger partial charge < -0.3 is 11.1 Å². The Morgan fingerprint density at radius 2 is 2.13 bits per heavy atom. The Balaban J connectivity index is 2.41. The van der Waals surface area contributed by atoms with Gasteiger partial charge >= 0.3 is 0 Å². The summed E-state index contributed by atoms with van der Waals surface area (Å²) in [5.74, 6) is -0.514. The second-order valence-electron chi connectivity index (χ2n) is 3.26. The van der Waals surface area contributed by atoms with E-state index in [1.54, 1.807) is 18.2 Å². The van der Waals surface area contributed by atoms with Crippen molar-refractivity contribution in [3.05, 3.63) is 35.6 Å². The summed E-state index contributed by atoms with van der Waals surface area (Å²) in [4.78, 5) is 11.3. The van der Waals surface area contributed by atoms with Gasteiger partial charge in [-0.1, -0.05) is 18.2 Å². The fourth-order valence-electron chi connectivity index (χ4n) is 1.21. The first-order valence-corrected chi connectivity index (χ1v) is 4.94. The van der Waals surface area contributed by atoms with E-state index in [9.17, 15) is 9.18 Å². The first kappa shape index (κ1) is 11.7. The molecule has 3 nitrogen and oxygen atoms in total. The molecule has 1 aromatic rings. The number of carbonyl (C=O) groups is 1. The van der Waals surface area contributed by atoms with Crippen LogP contribution in [0.2, 0.25) is 0 Å². The van der Waals surface area contributed by atoms with E-state index in [4.69, 9.17) is 5.73 Å². The number of nitrogens with two attached hydrogens (primary N) is 1. The highest BCUT2D eigenvalue weighted by Gasteiger charge is 2.06. The Morgan fingerprint density at radius 1 is 1.40 bits per heavy atom. The first-order valence-electron chi connectivity index (χ1n) is 4.94. The summed E-state index contributed by atoms with van der Waals surface area (Å²) in [7, 11) is 0.